The van der Waals surface area contributed by atoms with E-state index in [9.17, 15) is 0 Å². The van der Waals surface area contributed by atoms with E-state index < -0.39 is 0 Å². The van der Waals surface area contributed by atoms with Gasteiger partial charge in [0, 0.05) is 18.8 Å². The third-order valence-electron chi connectivity index (χ3n) is 8.98. The van der Waals surface area contributed by atoms with Gasteiger partial charge in [-0.05, 0) is 62.7 Å². The fraction of sp³-hybridized carbons (Fsp3) is 0.0233. The first-order chi connectivity index (χ1) is 23.2. The summed E-state index contributed by atoms with van der Waals surface area (Å²) in [5.41, 5.74) is 12.4. The van der Waals surface area contributed by atoms with Gasteiger partial charge in [0.15, 0.2) is 0 Å². The minimum Gasteiger partial charge on any atom is -0.367 e. The standard InChI is InChI=1S/C43H28N4.Pt/c1-46-41-18-9-8-17-39(41)45-43(46)33-19-22-36-37-26-31(29-11-4-2-5-12-29)21-24-40(37)47(42(36)27-33)35-16-10-15-32(25-35)38-23-20-34(28-44-38)30-13-6-3-7-14-30;/h2-24,26,28H,1H3;/q-2;+2. The van der Waals surface area contributed by atoms with Gasteiger partial charge in [-0.3, -0.25) is 4.98 Å². The molecule has 0 unspecified atom stereocenters. The van der Waals surface area contributed by atoms with Crippen LogP contribution in [0.1, 0.15) is 0 Å². The number of aromatic nitrogens is 4. The van der Waals surface area contributed by atoms with Crippen LogP contribution in [-0.4, -0.2) is 19.1 Å². The van der Waals surface area contributed by atoms with Gasteiger partial charge >= 0.3 is 21.1 Å². The zero-order chi connectivity index (χ0) is 31.3. The zero-order valence-corrected chi connectivity index (χ0v) is 28.3. The topological polar surface area (TPSA) is 35.6 Å². The van der Waals surface area contributed by atoms with Crippen LogP contribution >= 0.6 is 0 Å². The molecule has 0 aliphatic carbocycles. The molecule has 4 nitrogen and oxygen atoms in total. The molecular weight excluding hydrogens is 768 g/mol. The molecule has 6 aromatic carbocycles. The summed E-state index contributed by atoms with van der Waals surface area (Å²) in [6.45, 7) is 0. The summed E-state index contributed by atoms with van der Waals surface area (Å²) >= 11 is 0. The Hall–Kier alpha value is -5.57. The quantitative estimate of drug-likeness (QED) is 0.163. The second-order valence-electron chi connectivity index (χ2n) is 11.8. The first-order valence-corrected chi connectivity index (χ1v) is 15.7. The molecule has 0 bridgehead atoms. The number of imidazole rings is 1. The number of pyridine rings is 1. The van der Waals surface area contributed by atoms with Gasteiger partial charge < -0.3 is 14.1 Å². The number of benzene rings is 6. The first-order valence-electron chi connectivity index (χ1n) is 15.7. The van der Waals surface area contributed by atoms with Crippen LogP contribution in [0, 0.1) is 12.1 Å². The second kappa shape index (κ2) is 12.2. The van der Waals surface area contributed by atoms with Crippen molar-refractivity contribution in [1.82, 2.24) is 19.1 Å². The van der Waals surface area contributed by atoms with Crippen LogP contribution in [0.25, 0.3) is 83.4 Å². The van der Waals surface area contributed by atoms with Crippen LogP contribution in [0.3, 0.4) is 0 Å². The number of hydrogen-bond acceptors (Lipinski definition) is 2. The fourth-order valence-corrected chi connectivity index (χ4v) is 6.61. The van der Waals surface area contributed by atoms with Crippen molar-refractivity contribution in [3.05, 3.63) is 164 Å². The van der Waals surface area contributed by atoms with Crippen molar-refractivity contribution in [2.24, 2.45) is 7.05 Å². The van der Waals surface area contributed by atoms with E-state index in [-0.39, 0.29) is 21.1 Å². The van der Waals surface area contributed by atoms with Crippen LogP contribution in [-0.2, 0) is 28.1 Å². The number of para-hydroxylation sites is 2. The van der Waals surface area contributed by atoms with Crippen molar-refractivity contribution < 1.29 is 21.1 Å². The van der Waals surface area contributed by atoms with Crippen LogP contribution in [0.2, 0.25) is 0 Å². The Bertz CT molecular complexity index is 2570. The van der Waals surface area contributed by atoms with Gasteiger partial charge in [-0.1, -0.05) is 102 Å². The maximum Gasteiger partial charge on any atom is 2.00 e. The zero-order valence-electron chi connectivity index (χ0n) is 26.0. The molecule has 0 fully saturated rings. The summed E-state index contributed by atoms with van der Waals surface area (Å²) < 4.78 is 4.42. The monoisotopic (exact) mass is 795 g/mol. The van der Waals surface area contributed by atoms with E-state index >= 15 is 0 Å². The second-order valence-corrected chi connectivity index (χ2v) is 11.8. The first kappa shape index (κ1) is 29.8. The molecule has 9 rings (SSSR count). The van der Waals surface area contributed by atoms with Crippen molar-refractivity contribution in [2.45, 2.75) is 0 Å². The van der Waals surface area contributed by atoms with E-state index in [1.807, 2.05) is 30.5 Å². The minimum atomic E-state index is 0. The summed E-state index contributed by atoms with van der Waals surface area (Å²) in [7, 11) is 2.07. The molecular formula is C43H28N4Pt. The molecule has 0 N–H and O–H groups in total. The molecule has 3 heterocycles. The number of nitrogens with zero attached hydrogens (tertiary/aromatic N) is 4. The Kier molecular flexibility index (Phi) is 7.59. The molecule has 0 amide bonds. The Labute approximate surface area is 293 Å². The van der Waals surface area contributed by atoms with E-state index in [4.69, 9.17) is 9.97 Å². The fourth-order valence-electron chi connectivity index (χ4n) is 6.61. The molecule has 0 saturated carbocycles. The van der Waals surface area contributed by atoms with Crippen LogP contribution in [0.5, 0.6) is 0 Å². The minimum absolute atomic E-state index is 0. The molecule has 9 aromatic rings. The van der Waals surface area contributed by atoms with E-state index in [0.29, 0.717) is 0 Å². The van der Waals surface area contributed by atoms with E-state index in [0.717, 1.165) is 66.9 Å². The number of aryl methyl sites for hydroxylation is 1. The molecule has 5 heteroatoms. The van der Waals surface area contributed by atoms with Crippen LogP contribution in [0.15, 0.2) is 152 Å². The molecule has 0 spiro atoms. The SMILES string of the molecule is Cn1c(-c2[c-]c3c(cc2)c2cc(-c4ccccc4)ccc2n3-c2[c-]c(-c3ccc(-c4ccccc4)cn3)ccc2)nc2ccccc21.[Pt+2]. The Morgan fingerprint density at radius 1 is 0.542 bits per heavy atom. The Morgan fingerprint density at radius 2 is 1.27 bits per heavy atom. The predicted molar refractivity (Wildman–Crippen MR) is 192 cm³/mol. The Morgan fingerprint density at radius 3 is 2.02 bits per heavy atom. The number of fused-ring (bicyclic) bond motifs is 4. The van der Waals surface area contributed by atoms with Gasteiger partial charge in [0.1, 0.15) is 0 Å². The number of rotatable bonds is 5. The Balaban J connectivity index is 0.00000336. The van der Waals surface area contributed by atoms with Crippen molar-refractivity contribution in [2.75, 3.05) is 0 Å². The molecule has 0 radical (unpaired) electrons. The van der Waals surface area contributed by atoms with Gasteiger partial charge in [-0.15, -0.1) is 53.6 Å². The van der Waals surface area contributed by atoms with Crippen molar-refractivity contribution in [3.8, 4) is 50.6 Å². The van der Waals surface area contributed by atoms with E-state index in [1.165, 1.54) is 16.5 Å². The maximum absolute atomic E-state index is 4.99. The normalized spacial score (nSPS) is 11.3. The van der Waals surface area contributed by atoms with E-state index in [2.05, 4.69) is 150 Å². The third kappa shape index (κ3) is 5.06. The average Bonchev–Trinajstić information content (AvgIpc) is 3.66. The average molecular weight is 796 g/mol. The number of hydrogen-bond donors (Lipinski definition) is 0. The van der Waals surface area contributed by atoms with Gasteiger partial charge in [0.25, 0.3) is 0 Å². The molecule has 230 valence electrons. The maximum atomic E-state index is 4.99. The molecule has 0 saturated heterocycles. The van der Waals surface area contributed by atoms with Crippen LogP contribution in [0.4, 0.5) is 0 Å². The largest absolute Gasteiger partial charge is 2.00 e. The van der Waals surface area contributed by atoms with Gasteiger partial charge in [-0.2, -0.15) is 0 Å². The summed E-state index contributed by atoms with van der Waals surface area (Å²) in [6, 6.07) is 58.1. The molecule has 0 atom stereocenters. The smallest absolute Gasteiger partial charge is 0.367 e. The van der Waals surface area contributed by atoms with Gasteiger partial charge in [-0.25, -0.2) is 0 Å². The van der Waals surface area contributed by atoms with Crippen LogP contribution < -0.4 is 0 Å². The summed E-state index contributed by atoms with van der Waals surface area (Å²) in [5, 5.41) is 2.29. The molecule has 0 aliphatic heterocycles. The molecule has 3 aromatic heterocycles. The predicted octanol–water partition coefficient (Wildman–Crippen LogP) is 10.3. The van der Waals surface area contributed by atoms with Gasteiger partial charge in [0.05, 0.1) is 16.9 Å². The summed E-state index contributed by atoms with van der Waals surface area (Å²) in [4.78, 5) is 9.83. The molecule has 48 heavy (non-hydrogen) atoms. The van der Waals surface area contributed by atoms with Gasteiger partial charge in [0.2, 0.25) is 0 Å². The summed E-state index contributed by atoms with van der Waals surface area (Å²) in [5.74, 6) is 0.885. The van der Waals surface area contributed by atoms with E-state index in [1.54, 1.807) is 0 Å². The third-order valence-corrected chi connectivity index (χ3v) is 8.98. The van der Waals surface area contributed by atoms with Crippen molar-refractivity contribution >= 4 is 32.8 Å². The van der Waals surface area contributed by atoms with Crippen molar-refractivity contribution in [3.63, 3.8) is 0 Å². The summed E-state index contributed by atoms with van der Waals surface area (Å²) in [6.07, 6.45) is 1.94. The van der Waals surface area contributed by atoms with Crippen molar-refractivity contribution in [1.29, 1.82) is 0 Å². The molecule has 0 aliphatic rings.